The number of aryl methyl sites for hydroxylation is 3. The van der Waals surface area contributed by atoms with Crippen LogP contribution in [0.4, 0.5) is 14.6 Å². The van der Waals surface area contributed by atoms with Gasteiger partial charge in [0.25, 0.3) is 0 Å². The molecule has 6 aromatic rings. The minimum atomic E-state index is -0.976. The first-order valence-electron chi connectivity index (χ1n) is 27.2. The number of nitrogens with one attached hydrogen (secondary N) is 1. The van der Waals surface area contributed by atoms with Crippen molar-refractivity contribution in [3.8, 4) is 23.0 Å². The molecule has 19 heteroatoms. The van der Waals surface area contributed by atoms with Crippen LogP contribution in [0, 0.1) is 11.6 Å². The van der Waals surface area contributed by atoms with Crippen molar-refractivity contribution in [2.45, 2.75) is 127 Å². The molecule has 1 unspecified atom stereocenters. The van der Waals surface area contributed by atoms with Crippen LogP contribution in [0.5, 0.6) is 11.8 Å². The van der Waals surface area contributed by atoms with Crippen LogP contribution < -0.4 is 25.4 Å². The summed E-state index contributed by atoms with van der Waals surface area (Å²) in [7, 11) is 3.23. The number of imide groups is 1. The third-order valence-electron chi connectivity index (χ3n) is 16.9. The number of benzene rings is 3. The smallest absolute Gasteiger partial charge is 0.329 e. The third-order valence-corrected chi connectivity index (χ3v) is 16.9. The van der Waals surface area contributed by atoms with Crippen molar-refractivity contribution in [3.63, 3.8) is 0 Å². The Kier molecular flexibility index (Phi) is 14.6. The number of aliphatic hydroxyl groups is 1. The van der Waals surface area contributed by atoms with E-state index in [9.17, 15) is 19.5 Å². The van der Waals surface area contributed by atoms with Gasteiger partial charge in [-0.05, 0) is 143 Å². The Morgan fingerprint density at radius 2 is 1.75 bits per heavy atom. The number of methoxy groups -OCH3 is 1. The quantitative estimate of drug-likeness (QED) is 0.0535. The number of likely N-dealkylation sites (tertiary alicyclic amines) is 1. The minimum absolute atomic E-state index is 0.000130. The first-order chi connectivity index (χ1) is 36.7. The van der Waals surface area contributed by atoms with E-state index in [-0.39, 0.29) is 59.5 Å². The number of rotatable bonds is 17. The lowest BCUT2D eigenvalue weighted by Crippen LogP contribution is -2.51. The highest BCUT2D eigenvalue weighted by Crippen LogP contribution is 2.44. The van der Waals surface area contributed by atoms with E-state index in [1.165, 1.54) is 17.7 Å². The highest BCUT2D eigenvalue weighted by molar-refractivity contribution is 6.02. The number of hydrogen-bond donors (Lipinski definition) is 2. The molecule has 76 heavy (non-hydrogen) atoms. The molecule has 0 spiro atoms. The zero-order chi connectivity index (χ0) is 52.9. The van der Waals surface area contributed by atoms with Crippen molar-refractivity contribution in [1.82, 2.24) is 39.2 Å². The maximum absolute atomic E-state index is 17.5. The van der Waals surface area contributed by atoms with E-state index in [0.29, 0.717) is 96.0 Å². The van der Waals surface area contributed by atoms with E-state index >= 15 is 8.78 Å². The average Bonchev–Trinajstić information content (AvgIpc) is 4.12. The van der Waals surface area contributed by atoms with E-state index in [1.54, 1.807) is 42.9 Å². The first kappa shape index (κ1) is 52.0. The molecule has 5 aliphatic rings. The average molecular weight is 1050 g/mol. The molecule has 5 fully saturated rings. The summed E-state index contributed by atoms with van der Waals surface area (Å²) in [4.78, 5) is 59.3. The molecule has 3 aromatic carbocycles. The molecular weight excluding hydrogens is 977 g/mol. The lowest BCUT2D eigenvalue weighted by molar-refractivity contribution is -0.135. The van der Waals surface area contributed by atoms with Gasteiger partial charge in [0, 0.05) is 77.7 Å². The van der Waals surface area contributed by atoms with E-state index < -0.39 is 23.4 Å². The number of anilines is 1. The number of pyridine rings is 1. The standard InChI is InChI=1S/C57H69F2N9O8/c1-5-40-43(58)12-11-36-28-39(76-34-73-4)29-41(48(36)40)50-49(59)51-42(30-60-50)52(66-22-7-19-56(2,72)32-66)63-54(62-51)75-33-57-20-8-23-67(57)37(16-21-57)31-65-24-17-38(18-25-65)74-26-6-9-35-10-13-44-46(27-35)64(3)55(71)68(44)45-14-15-47(69)61-53(45)70/h10-13,27-30,37-38,45,72H,5-9,14-26,31-34H2,1-4H3,(H,61,69,70)/t37-,45?,56+,57-/m0/s1. The van der Waals surface area contributed by atoms with Crippen LogP contribution in [0.15, 0.2) is 53.5 Å². The van der Waals surface area contributed by atoms with Crippen LogP contribution in [-0.2, 0) is 39.0 Å². The summed E-state index contributed by atoms with van der Waals surface area (Å²) in [6.45, 7) is 9.39. The summed E-state index contributed by atoms with van der Waals surface area (Å²) in [6.07, 6.45) is 11.6. The maximum atomic E-state index is 17.5. The molecule has 2 amide bonds. The van der Waals surface area contributed by atoms with E-state index in [1.807, 2.05) is 30.0 Å². The van der Waals surface area contributed by atoms with Gasteiger partial charge in [0.15, 0.2) is 12.6 Å². The Labute approximate surface area is 440 Å². The third kappa shape index (κ3) is 10.0. The van der Waals surface area contributed by atoms with Gasteiger partial charge < -0.3 is 33.9 Å². The lowest BCUT2D eigenvalue weighted by atomic mass is 9.94. The number of carbonyl (C=O) groups excluding carboxylic acids is 2. The number of aromatic nitrogens is 5. The number of fused-ring (bicyclic) bond motifs is 4. The SMILES string of the molecule is CCc1c(F)ccc2cc(OCOC)cc(-c3ncc4c(N5CCC[C@@](C)(O)C5)nc(OC[C@@]56CCCN5[C@H](CN5CCC(OCCCc7ccc8c(c7)n(C)c(=O)n8C7CCC(=O)NC7=O)CC5)CC6)nc4c3F)c12. The molecule has 5 aliphatic heterocycles. The Bertz CT molecular complexity index is 3250. The number of ether oxygens (including phenoxy) is 4. The van der Waals surface area contributed by atoms with Crippen molar-refractivity contribution in [2.75, 3.05) is 71.3 Å². The summed E-state index contributed by atoms with van der Waals surface area (Å²) >= 11 is 0. The van der Waals surface area contributed by atoms with Crippen molar-refractivity contribution < 1.29 is 42.4 Å². The Morgan fingerprint density at radius 1 is 0.921 bits per heavy atom. The van der Waals surface area contributed by atoms with Gasteiger partial charge in [0.2, 0.25) is 11.8 Å². The molecule has 2 N–H and O–H groups in total. The van der Waals surface area contributed by atoms with Gasteiger partial charge >= 0.3 is 11.7 Å². The van der Waals surface area contributed by atoms with Gasteiger partial charge in [-0.3, -0.25) is 33.9 Å². The highest BCUT2D eigenvalue weighted by Gasteiger charge is 2.50. The largest absolute Gasteiger partial charge is 0.468 e. The molecule has 0 aliphatic carbocycles. The minimum Gasteiger partial charge on any atom is -0.468 e. The second kappa shape index (κ2) is 21.4. The van der Waals surface area contributed by atoms with Gasteiger partial charge in [0.1, 0.15) is 41.2 Å². The predicted octanol–water partition coefficient (Wildman–Crippen LogP) is 7.14. The van der Waals surface area contributed by atoms with Crippen LogP contribution in [0.25, 0.3) is 44.0 Å². The first-order valence-corrected chi connectivity index (χ1v) is 27.2. The molecule has 17 nitrogen and oxygen atoms in total. The number of hydrogen-bond acceptors (Lipinski definition) is 14. The normalized spacial score (nSPS) is 23.8. The van der Waals surface area contributed by atoms with E-state index in [4.69, 9.17) is 33.9 Å². The topological polar surface area (TPSA) is 179 Å². The van der Waals surface area contributed by atoms with Crippen molar-refractivity contribution in [3.05, 3.63) is 81.9 Å². The monoisotopic (exact) mass is 1050 g/mol. The summed E-state index contributed by atoms with van der Waals surface area (Å²) < 4.78 is 60.2. The van der Waals surface area contributed by atoms with Crippen LogP contribution in [0.1, 0.15) is 102 Å². The Morgan fingerprint density at radius 3 is 2.54 bits per heavy atom. The molecule has 8 heterocycles. The van der Waals surface area contributed by atoms with Gasteiger partial charge in [-0.1, -0.05) is 19.1 Å². The Hall–Kier alpha value is -6.12. The van der Waals surface area contributed by atoms with Gasteiger partial charge in [-0.2, -0.15) is 9.97 Å². The summed E-state index contributed by atoms with van der Waals surface area (Å²) in [5.41, 5.74) is 1.94. The van der Waals surface area contributed by atoms with Crippen LogP contribution in [-0.4, -0.2) is 140 Å². The molecule has 404 valence electrons. The molecule has 11 rings (SSSR count). The Balaban J connectivity index is 0.746. The fourth-order valence-electron chi connectivity index (χ4n) is 13.0. The zero-order valence-corrected chi connectivity index (χ0v) is 44.0. The summed E-state index contributed by atoms with van der Waals surface area (Å²) in [5, 5.41) is 15.2. The number of nitrogens with zero attached hydrogens (tertiary/aromatic N) is 8. The fraction of sp³-hybridized carbons (Fsp3) is 0.544. The van der Waals surface area contributed by atoms with Crippen molar-refractivity contribution in [1.29, 1.82) is 0 Å². The second-order valence-electron chi connectivity index (χ2n) is 22.0. The van der Waals surface area contributed by atoms with Crippen molar-refractivity contribution >= 4 is 50.3 Å². The molecule has 3 aromatic heterocycles. The number of carbonyl (C=O) groups is 2. The zero-order valence-electron chi connectivity index (χ0n) is 44.0. The lowest BCUT2D eigenvalue weighted by Gasteiger charge is -2.39. The summed E-state index contributed by atoms with van der Waals surface area (Å²) in [6, 6.07) is 12.2. The van der Waals surface area contributed by atoms with E-state index in [2.05, 4.69) is 15.1 Å². The molecule has 0 saturated carbocycles. The van der Waals surface area contributed by atoms with Crippen LogP contribution >= 0.6 is 0 Å². The van der Waals surface area contributed by atoms with Crippen molar-refractivity contribution in [2.24, 2.45) is 7.05 Å². The molecule has 4 atom stereocenters. The van der Waals surface area contributed by atoms with Crippen LogP contribution in [0.2, 0.25) is 0 Å². The number of imidazole rings is 1. The molecule has 0 radical (unpaired) electrons. The molecule has 0 bridgehead atoms. The van der Waals surface area contributed by atoms with E-state index in [0.717, 1.165) is 95.0 Å². The molecular formula is C57H69F2N9O8. The molecule has 5 saturated heterocycles. The van der Waals surface area contributed by atoms with Crippen LogP contribution in [0.3, 0.4) is 0 Å². The van der Waals surface area contributed by atoms with Gasteiger partial charge in [-0.15, -0.1) is 0 Å². The summed E-state index contributed by atoms with van der Waals surface area (Å²) in [5.74, 6) is -0.953. The number of β-amino-alcohol motifs (C(OH)–C–C–N with tert-alkyl or cyclic N) is 1. The second-order valence-corrected chi connectivity index (χ2v) is 22.0. The van der Waals surface area contributed by atoms with Gasteiger partial charge in [0.05, 0.1) is 33.7 Å². The maximum Gasteiger partial charge on any atom is 0.329 e. The highest BCUT2D eigenvalue weighted by atomic mass is 19.1. The van der Waals surface area contributed by atoms with Gasteiger partial charge in [-0.25, -0.2) is 13.6 Å². The fourth-order valence-corrected chi connectivity index (χ4v) is 13.0. The number of halogens is 2. The number of amides is 2. The number of piperidine rings is 3. The predicted molar refractivity (Wildman–Crippen MR) is 284 cm³/mol.